The van der Waals surface area contributed by atoms with Gasteiger partial charge in [-0.1, -0.05) is 18.2 Å². The molecule has 0 saturated heterocycles. The number of azo groups is 1. The monoisotopic (exact) mass is 390 g/mol. The van der Waals surface area contributed by atoms with E-state index < -0.39 is 0 Å². The van der Waals surface area contributed by atoms with Gasteiger partial charge in [-0.05, 0) is 59.0 Å². The normalized spacial score (nSPS) is 11.1. The molecule has 0 radical (unpaired) electrons. The van der Waals surface area contributed by atoms with E-state index >= 15 is 0 Å². The van der Waals surface area contributed by atoms with Crippen LogP contribution in [-0.4, -0.2) is 9.78 Å². The van der Waals surface area contributed by atoms with Gasteiger partial charge in [-0.3, -0.25) is 9.89 Å². The zero-order valence-electron chi connectivity index (χ0n) is 10.9. The van der Waals surface area contributed by atoms with Crippen LogP contribution >= 0.6 is 22.6 Å². The summed E-state index contributed by atoms with van der Waals surface area (Å²) in [5, 5.41) is 11.0. The molecule has 3 rings (SSSR count). The number of halogens is 1. The first-order valence-corrected chi connectivity index (χ1v) is 7.35. The van der Waals surface area contributed by atoms with Crippen LogP contribution in [0.1, 0.15) is 0 Å². The van der Waals surface area contributed by atoms with Gasteiger partial charge in [0.05, 0.1) is 17.6 Å². The molecule has 0 bridgehead atoms. The number of rotatable bonds is 3. The Morgan fingerprint density at radius 2 is 1.67 bits per heavy atom. The van der Waals surface area contributed by atoms with Crippen LogP contribution < -0.4 is 5.56 Å². The van der Waals surface area contributed by atoms with Crippen LogP contribution in [0, 0.1) is 3.57 Å². The highest BCUT2D eigenvalue weighted by Gasteiger charge is 2.06. The zero-order valence-corrected chi connectivity index (χ0v) is 13.1. The minimum Gasteiger partial charge on any atom is -0.296 e. The Morgan fingerprint density at radius 1 is 0.952 bits per heavy atom. The summed E-state index contributed by atoms with van der Waals surface area (Å²) >= 11 is 2.22. The average Bonchev–Trinajstić information content (AvgIpc) is 2.89. The second-order valence-corrected chi connectivity index (χ2v) is 5.56. The maximum atomic E-state index is 12.2. The van der Waals surface area contributed by atoms with Crippen molar-refractivity contribution in [3.63, 3.8) is 0 Å². The summed E-state index contributed by atoms with van der Waals surface area (Å²) < 4.78 is 2.56. The number of nitrogens with one attached hydrogen (secondary N) is 1. The highest BCUT2D eigenvalue weighted by Crippen LogP contribution is 2.17. The molecule has 0 saturated carbocycles. The number of H-pyrrole nitrogens is 1. The Labute approximate surface area is 134 Å². The van der Waals surface area contributed by atoms with Gasteiger partial charge in [-0.2, -0.15) is 5.11 Å². The van der Waals surface area contributed by atoms with Gasteiger partial charge in [0.15, 0.2) is 5.69 Å². The van der Waals surface area contributed by atoms with E-state index in [1.165, 1.54) is 4.68 Å². The first kappa shape index (κ1) is 13.7. The van der Waals surface area contributed by atoms with Crippen LogP contribution in [0.5, 0.6) is 0 Å². The van der Waals surface area contributed by atoms with Crippen LogP contribution in [0.15, 0.2) is 75.8 Å². The Kier molecular flexibility index (Phi) is 3.96. The van der Waals surface area contributed by atoms with Crippen LogP contribution in [0.3, 0.4) is 0 Å². The number of benzene rings is 2. The van der Waals surface area contributed by atoms with E-state index in [0.717, 1.165) is 9.26 Å². The smallest absolute Gasteiger partial charge is 0.296 e. The van der Waals surface area contributed by atoms with Crippen molar-refractivity contribution in [2.75, 3.05) is 0 Å². The van der Waals surface area contributed by atoms with E-state index in [-0.39, 0.29) is 11.2 Å². The second-order valence-electron chi connectivity index (χ2n) is 4.31. The number of para-hydroxylation sites is 1. The average molecular weight is 390 g/mol. The summed E-state index contributed by atoms with van der Waals surface area (Å²) in [5.41, 5.74) is 1.52. The van der Waals surface area contributed by atoms with Gasteiger partial charge in [0.25, 0.3) is 5.56 Å². The fourth-order valence-corrected chi connectivity index (χ4v) is 2.18. The molecule has 0 amide bonds. The van der Waals surface area contributed by atoms with Crippen molar-refractivity contribution >= 4 is 34.0 Å². The van der Waals surface area contributed by atoms with Gasteiger partial charge in [-0.25, -0.2) is 4.68 Å². The number of aromatic nitrogens is 2. The maximum Gasteiger partial charge on any atom is 0.298 e. The standard InChI is InChI=1S/C15H11IN4O/c16-11-6-8-12(9-7-11)18-19-14-10-17-20(15(14)21)13-4-2-1-3-5-13/h1-10,17H. The highest BCUT2D eigenvalue weighted by atomic mass is 127. The third-order valence-corrected chi connectivity index (χ3v) is 3.59. The first-order valence-electron chi connectivity index (χ1n) is 6.27. The molecule has 2 aromatic carbocycles. The summed E-state index contributed by atoms with van der Waals surface area (Å²) in [6.07, 6.45) is 1.55. The summed E-state index contributed by atoms with van der Waals surface area (Å²) in [6, 6.07) is 16.9. The molecule has 0 aliphatic heterocycles. The molecule has 6 heteroatoms. The highest BCUT2D eigenvalue weighted by molar-refractivity contribution is 14.1. The van der Waals surface area contributed by atoms with Crippen molar-refractivity contribution in [3.05, 3.63) is 74.7 Å². The lowest BCUT2D eigenvalue weighted by Crippen LogP contribution is -2.13. The molecule has 3 aromatic rings. The fraction of sp³-hybridized carbons (Fsp3) is 0. The lowest BCUT2D eigenvalue weighted by molar-refractivity contribution is 0.849. The van der Waals surface area contributed by atoms with Crippen molar-refractivity contribution in [3.8, 4) is 5.69 Å². The number of hydrogen-bond acceptors (Lipinski definition) is 3. The summed E-state index contributed by atoms with van der Waals surface area (Å²) in [5.74, 6) is 0. The molecule has 0 fully saturated rings. The van der Waals surface area contributed by atoms with Crippen molar-refractivity contribution in [2.24, 2.45) is 10.2 Å². The zero-order chi connectivity index (χ0) is 14.7. The lowest BCUT2D eigenvalue weighted by Gasteiger charge is -1.98. The summed E-state index contributed by atoms with van der Waals surface area (Å²) in [7, 11) is 0. The SMILES string of the molecule is O=c1c(N=Nc2ccc(I)cc2)c[nH]n1-c1ccccc1. The minimum absolute atomic E-state index is 0.226. The molecule has 1 aromatic heterocycles. The summed E-state index contributed by atoms with van der Waals surface area (Å²) in [4.78, 5) is 12.2. The Hall–Kier alpha value is -2.22. The van der Waals surface area contributed by atoms with Crippen molar-refractivity contribution in [1.82, 2.24) is 9.78 Å². The molecule has 0 aliphatic carbocycles. The minimum atomic E-state index is -0.226. The van der Waals surface area contributed by atoms with E-state index in [1.807, 2.05) is 54.6 Å². The fourth-order valence-electron chi connectivity index (χ4n) is 1.82. The van der Waals surface area contributed by atoms with Crippen molar-refractivity contribution < 1.29 is 0 Å². The molecule has 0 atom stereocenters. The van der Waals surface area contributed by atoms with Gasteiger partial charge in [-0.15, -0.1) is 5.11 Å². The van der Waals surface area contributed by atoms with Crippen LogP contribution in [-0.2, 0) is 0 Å². The van der Waals surface area contributed by atoms with Crippen LogP contribution in [0.25, 0.3) is 5.69 Å². The first-order chi connectivity index (χ1) is 10.2. The van der Waals surface area contributed by atoms with Gasteiger partial charge < -0.3 is 0 Å². The van der Waals surface area contributed by atoms with Crippen LogP contribution in [0.4, 0.5) is 11.4 Å². The van der Waals surface area contributed by atoms with Crippen molar-refractivity contribution in [2.45, 2.75) is 0 Å². The topological polar surface area (TPSA) is 62.5 Å². The Balaban J connectivity index is 1.89. The maximum absolute atomic E-state index is 12.2. The van der Waals surface area contributed by atoms with Gasteiger partial charge >= 0.3 is 0 Å². The molecule has 0 spiro atoms. The van der Waals surface area contributed by atoms with E-state index in [1.54, 1.807) is 6.20 Å². The molecule has 1 N–H and O–H groups in total. The van der Waals surface area contributed by atoms with Gasteiger partial charge in [0, 0.05) is 3.57 Å². The van der Waals surface area contributed by atoms with Gasteiger partial charge in [0.1, 0.15) is 0 Å². The Bertz CT molecular complexity index is 819. The molecule has 0 unspecified atom stereocenters. The molecule has 5 nitrogen and oxygen atoms in total. The number of nitrogens with zero attached hydrogens (tertiary/aromatic N) is 3. The lowest BCUT2D eigenvalue weighted by atomic mass is 10.3. The predicted octanol–water partition coefficient (Wildman–Crippen LogP) is 4.19. The predicted molar refractivity (Wildman–Crippen MR) is 89.7 cm³/mol. The van der Waals surface area contributed by atoms with E-state index in [9.17, 15) is 4.79 Å². The van der Waals surface area contributed by atoms with Gasteiger partial charge in [0.2, 0.25) is 0 Å². The quantitative estimate of drug-likeness (QED) is 0.529. The molecule has 1 heterocycles. The summed E-state index contributed by atoms with van der Waals surface area (Å²) in [6.45, 7) is 0. The molecule has 104 valence electrons. The van der Waals surface area contributed by atoms with Crippen LogP contribution in [0.2, 0.25) is 0 Å². The number of aromatic amines is 1. The Morgan fingerprint density at radius 3 is 2.38 bits per heavy atom. The van der Waals surface area contributed by atoms with E-state index in [0.29, 0.717) is 5.69 Å². The third-order valence-electron chi connectivity index (χ3n) is 2.87. The molecule has 0 aliphatic rings. The molecular weight excluding hydrogens is 379 g/mol. The number of hydrogen-bond donors (Lipinski definition) is 1. The molecular formula is C15H11IN4O. The molecule has 21 heavy (non-hydrogen) atoms. The third kappa shape index (κ3) is 3.10. The second kappa shape index (κ2) is 6.04. The van der Waals surface area contributed by atoms with E-state index in [4.69, 9.17) is 0 Å². The van der Waals surface area contributed by atoms with Crippen molar-refractivity contribution in [1.29, 1.82) is 0 Å². The largest absolute Gasteiger partial charge is 0.298 e. The van der Waals surface area contributed by atoms with E-state index in [2.05, 4.69) is 37.9 Å².